The van der Waals surface area contributed by atoms with Crippen LogP contribution in [0.2, 0.25) is 0 Å². The number of halogens is 2. The summed E-state index contributed by atoms with van der Waals surface area (Å²) in [5, 5.41) is 4.12. The number of nitrogens with zero attached hydrogens (tertiary/aromatic N) is 2. The average molecular weight is 284 g/mol. The first-order valence-corrected chi connectivity index (χ1v) is 5.63. The molecule has 0 saturated heterocycles. The lowest BCUT2D eigenvalue weighted by atomic mass is 10.1. The quantitative estimate of drug-likeness (QED) is 0.921. The highest BCUT2D eigenvalue weighted by Crippen LogP contribution is 2.23. The van der Waals surface area contributed by atoms with Gasteiger partial charge in [0.15, 0.2) is 0 Å². The van der Waals surface area contributed by atoms with E-state index < -0.39 is 0 Å². The normalized spacial score (nSPS) is 12.8. The minimum absolute atomic E-state index is 0.306. The molecule has 0 aliphatic heterocycles. The Balaban J connectivity index is 2.60. The molecule has 0 aliphatic carbocycles. The van der Waals surface area contributed by atoms with Gasteiger partial charge in [-0.2, -0.15) is 5.10 Å². The number of hydrogen-bond acceptors (Lipinski definition) is 2. The smallest absolute Gasteiger partial charge is 0.130 e. The lowest BCUT2D eigenvalue weighted by Crippen LogP contribution is -2.12. The highest BCUT2D eigenvalue weighted by Gasteiger charge is 2.14. The Morgan fingerprint density at radius 1 is 1.50 bits per heavy atom. The lowest BCUT2D eigenvalue weighted by Gasteiger charge is -2.13. The standard InChI is InChI=1S/C11H11BrFN3/c1-7(14)11-9(13)3-2-4-10(11)16-6-8(12)5-15-16/h2-7H,14H2,1H3/t7-/m1/s1. The molecule has 0 amide bonds. The molecule has 2 rings (SSSR count). The molecule has 2 aromatic rings. The molecule has 1 aromatic carbocycles. The summed E-state index contributed by atoms with van der Waals surface area (Å²) in [6.45, 7) is 1.75. The van der Waals surface area contributed by atoms with Gasteiger partial charge in [-0.15, -0.1) is 0 Å². The topological polar surface area (TPSA) is 43.8 Å². The molecular formula is C11H11BrFN3. The second kappa shape index (κ2) is 4.35. The second-order valence-electron chi connectivity index (χ2n) is 3.56. The van der Waals surface area contributed by atoms with E-state index in [-0.39, 0.29) is 11.9 Å². The first kappa shape index (κ1) is 11.3. The van der Waals surface area contributed by atoms with Crippen molar-refractivity contribution in [1.82, 2.24) is 9.78 Å². The summed E-state index contributed by atoms with van der Waals surface area (Å²) < 4.78 is 16.1. The lowest BCUT2D eigenvalue weighted by molar-refractivity contribution is 0.589. The van der Waals surface area contributed by atoms with E-state index in [1.807, 2.05) is 0 Å². The Bertz CT molecular complexity index is 508. The van der Waals surface area contributed by atoms with Crippen molar-refractivity contribution >= 4 is 15.9 Å². The number of aromatic nitrogens is 2. The molecule has 0 aliphatic rings. The zero-order chi connectivity index (χ0) is 11.7. The van der Waals surface area contributed by atoms with Gasteiger partial charge in [-0.05, 0) is 35.0 Å². The van der Waals surface area contributed by atoms with E-state index in [0.717, 1.165) is 4.47 Å². The van der Waals surface area contributed by atoms with Gasteiger partial charge in [-0.25, -0.2) is 9.07 Å². The summed E-state index contributed by atoms with van der Waals surface area (Å²) in [6.07, 6.45) is 3.41. The Morgan fingerprint density at radius 3 is 2.81 bits per heavy atom. The molecule has 2 N–H and O–H groups in total. The maximum Gasteiger partial charge on any atom is 0.130 e. The maximum atomic E-state index is 13.7. The predicted octanol–water partition coefficient (Wildman–Crippen LogP) is 2.79. The van der Waals surface area contributed by atoms with Gasteiger partial charge in [0.05, 0.1) is 16.4 Å². The summed E-state index contributed by atoms with van der Waals surface area (Å²) in [5.41, 5.74) is 6.90. The van der Waals surface area contributed by atoms with Crippen LogP contribution in [0.25, 0.3) is 5.69 Å². The van der Waals surface area contributed by atoms with Gasteiger partial charge < -0.3 is 5.73 Å². The van der Waals surface area contributed by atoms with Crippen LogP contribution in [0.4, 0.5) is 4.39 Å². The Morgan fingerprint density at radius 2 is 2.25 bits per heavy atom. The summed E-state index contributed by atoms with van der Waals surface area (Å²) in [4.78, 5) is 0. The maximum absolute atomic E-state index is 13.7. The fourth-order valence-electron chi connectivity index (χ4n) is 1.61. The predicted molar refractivity (Wildman–Crippen MR) is 63.8 cm³/mol. The first-order valence-electron chi connectivity index (χ1n) is 4.84. The monoisotopic (exact) mass is 283 g/mol. The van der Waals surface area contributed by atoms with Gasteiger partial charge in [-0.3, -0.25) is 0 Å². The third-order valence-electron chi connectivity index (χ3n) is 2.28. The summed E-state index contributed by atoms with van der Waals surface area (Å²) in [6, 6.07) is 4.47. The Labute approximate surface area is 101 Å². The molecule has 1 atom stereocenters. The van der Waals surface area contributed by atoms with Gasteiger partial charge in [0.1, 0.15) is 5.82 Å². The average Bonchev–Trinajstić information content (AvgIpc) is 2.63. The van der Waals surface area contributed by atoms with Crippen molar-refractivity contribution in [1.29, 1.82) is 0 Å². The zero-order valence-electron chi connectivity index (χ0n) is 8.69. The van der Waals surface area contributed by atoms with Crippen molar-refractivity contribution in [3.8, 4) is 5.69 Å². The molecular weight excluding hydrogens is 273 g/mol. The zero-order valence-corrected chi connectivity index (χ0v) is 10.3. The van der Waals surface area contributed by atoms with Crippen LogP contribution in [0, 0.1) is 5.82 Å². The van der Waals surface area contributed by atoms with E-state index in [0.29, 0.717) is 11.3 Å². The molecule has 0 spiro atoms. The molecule has 0 radical (unpaired) electrons. The van der Waals surface area contributed by atoms with Crippen LogP contribution in [0.1, 0.15) is 18.5 Å². The molecule has 1 aromatic heterocycles. The van der Waals surface area contributed by atoms with E-state index >= 15 is 0 Å². The minimum Gasteiger partial charge on any atom is -0.324 e. The van der Waals surface area contributed by atoms with E-state index in [9.17, 15) is 4.39 Å². The fourth-order valence-corrected chi connectivity index (χ4v) is 1.89. The van der Waals surface area contributed by atoms with Crippen LogP contribution in [0.3, 0.4) is 0 Å². The van der Waals surface area contributed by atoms with Crippen molar-refractivity contribution in [3.63, 3.8) is 0 Å². The minimum atomic E-state index is -0.376. The van der Waals surface area contributed by atoms with Crippen molar-refractivity contribution in [2.24, 2.45) is 5.73 Å². The SMILES string of the molecule is C[C@@H](N)c1c(F)cccc1-n1cc(Br)cn1. The van der Waals surface area contributed by atoms with E-state index in [2.05, 4.69) is 21.0 Å². The van der Waals surface area contributed by atoms with Crippen LogP contribution < -0.4 is 5.73 Å². The van der Waals surface area contributed by atoms with Crippen LogP contribution in [-0.4, -0.2) is 9.78 Å². The van der Waals surface area contributed by atoms with Crippen LogP contribution in [0.5, 0.6) is 0 Å². The molecule has 84 valence electrons. The van der Waals surface area contributed by atoms with Gasteiger partial charge >= 0.3 is 0 Å². The third kappa shape index (κ3) is 2.01. The fraction of sp³-hybridized carbons (Fsp3) is 0.182. The summed E-state index contributed by atoms with van der Waals surface area (Å²) in [5.74, 6) is -0.306. The Hall–Kier alpha value is -1.20. The number of nitrogens with two attached hydrogens (primary N) is 1. The van der Waals surface area contributed by atoms with Crippen LogP contribution in [0.15, 0.2) is 35.1 Å². The van der Waals surface area contributed by atoms with Gasteiger partial charge in [0.2, 0.25) is 0 Å². The van der Waals surface area contributed by atoms with Crippen molar-refractivity contribution in [2.45, 2.75) is 13.0 Å². The third-order valence-corrected chi connectivity index (χ3v) is 2.69. The Kier molecular flexibility index (Phi) is 3.07. The second-order valence-corrected chi connectivity index (χ2v) is 4.48. The van der Waals surface area contributed by atoms with E-state index in [1.54, 1.807) is 36.1 Å². The van der Waals surface area contributed by atoms with Crippen LogP contribution in [-0.2, 0) is 0 Å². The molecule has 1 heterocycles. The van der Waals surface area contributed by atoms with Gasteiger partial charge in [0, 0.05) is 17.8 Å². The summed E-state index contributed by atoms with van der Waals surface area (Å²) >= 11 is 3.30. The highest BCUT2D eigenvalue weighted by molar-refractivity contribution is 9.10. The first-order chi connectivity index (χ1) is 7.59. The highest BCUT2D eigenvalue weighted by atomic mass is 79.9. The molecule has 0 saturated carbocycles. The number of hydrogen-bond donors (Lipinski definition) is 1. The van der Waals surface area contributed by atoms with Crippen LogP contribution >= 0.6 is 15.9 Å². The molecule has 3 nitrogen and oxygen atoms in total. The molecule has 0 unspecified atom stereocenters. The van der Waals surface area contributed by atoms with E-state index in [4.69, 9.17) is 5.73 Å². The van der Waals surface area contributed by atoms with Crippen molar-refractivity contribution < 1.29 is 4.39 Å². The van der Waals surface area contributed by atoms with Gasteiger partial charge in [0.25, 0.3) is 0 Å². The molecule has 16 heavy (non-hydrogen) atoms. The van der Waals surface area contributed by atoms with Crippen molar-refractivity contribution in [2.75, 3.05) is 0 Å². The summed E-state index contributed by atoms with van der Waals surface area (Å²) in [7, 11) is 0. The largest absolute Gasteiger partial charge is 0.324 e. The number of rotatable bonds is 2. The molecule has 0 bridgehead atoms. The van der Waals surface area contributed by atoms with Gasteiger partial charge in [-0.1, -0.05) is 6.07 Å². The van der Waals surface area contributed by atoms with E-state index in [1.165, 1.54) is 6.07 Å². The molecule has 0 fully saturated rings. The van der Waals surface area contributed by atoms with Crippen molar-refractivity contribution in [3.05, 3.63) is 46.4 Å². The molecule has 5 heteroatoms. The number of benzene rings is 1.